The van der Waals surface area contributed by atoms with Gasteiger partial charge in [-0.25, -0.2) is 0 Å². The van der Waals surface area contributed by atoms with Gasteiger partial charge in [-0.3, -0.25) is 14.6 Å². The summed E-state index contributed by atoms with van der Waals surface area (Å²) >= 11 is 0. The quantitative estimate of drug-likeness (QED) is 0.815. The Morgan fingerprint density at radius 1 is 1.35 bits per heavy atom. The summed E-state index contributed by atoms with van der Waals surface area (Å²) in [5, 5.41) is 2.93. The van der Waals surface area contributed by atoms with E-state index in [4.69, 9.17) is 0 Å². The Hall–Kier alpha value is -1.69. The highest BCUT2D eigenvalue weighted by Crippen LogP contribution is 2.46. The molecule has 1 aliphatic carbocycles. The minimum atomic E-state index is -0.351. The normalized spacial score (nSPS) is 20.8. The van der Waals surface area contributed by atoms with E-state index in [2.05, 4.69) is 20.2 Å². The molecule has 2 heterocycles. The summed E-state index contributed by atoms with van der Waals surface area (Å²) in [6.07, 6.45) is 7.47. The third-order valence-electron chi connectivity index (χ3n) is 4.24. The Morgan fingerprint density at radius 3 is 2.75 bits per heavy atom. The van der Waals surface area contributed by atoms with E-state index in [0.717, 1.165) is 12.7 Å². The lowest BCUT2D eigenvalue weighted by Crippen LogP contribution is -2.37. The highest BCUT2D eigenvalue weighted by Gasteiger charge is 2.44. The molecule has 0 atom stereocenters. The van der Waals surface area contributed by atoms with Crippen molar-refractivity contribution in [1.82, 2.24) is 20.2 Å². The number of aromatic nitrogens is 2. The number of carbonyl (C=O) groups excluding carboxylic acids is 1. The Labute approximate surface area is 117 Å². The molecular formula is C14H20N4O2. The predicted octanol–water partition coefficient (Wildman–Crippen LogP) is 0.376. The monoisotopic (exact) mass is 276 g/mol. The van der Waals surface area contributed by atoms with E-state index < -0.39 is 0 Å². The van der Waals surface area contributed by atoms with Gasteiger partial charge in [0.25, 0.3) is 11.5 Å². The molecule has 1 saturated carbocycles. The summed E-state index contributed by atoms with van der Waals surface area (Å²) in [5.41, 5.74) is 0.132. The Bertz CT molecular complexity index is 544. The van der Waals surface area contributed by atoms with Crippen molar-refractivity contribution in [3.05, 3.63) is 28.4 Å². The van der Waals surface area contributed by atoms with Crippen LogP contribution in [0.3, 0.4) is 0 Å². The fourth-order valence-corrected chi connectivity index (χ4v) is 2.84. The van der Waals surface area contributed by atoms with Crippen LogP contribution in [0.25, 0.3) is 0 Å². The van der Waals surface area contributed by atoms with Crippen molar-refractivity contribution < 1.29 is 4.79 Å². The molecule has 6 heteroatoms. The van der Waals surface area contributed by atoms with E-state index in [0.29, 0.717) is 6.54 Å². The maximum Gasteiger partial charge on any atom is 0.269 e. The third-order valence-corrected chi connectivity index (χ3v) is 4.24. The molecular weight excluding hydrogens is 256 g/mol. The van der Waals surface area contributed by atoms with E-state index >= 15 is 0 Å². The van der Waals surface area contributed by atoms with Crippen molar-refractivity contribution in [3.63, 3.8) is 0 Å². The van der Waals surface area contributed by atoms with Gasteiger partial charge in [0.05, 0.1) is 12.4 Å². The van der Waals surface area contributed by atoms with Gasteiger partial charge < -0.3 is 15.2 Å². The lowest BCUT2D eigenvalue weighted by molar-refractivity contribution is 0.0934. The molecule has 3 rings (SSSR count). The van der Waals surface area contributed by atoms with Crippen LogP contribution in [0, 0.1) is 5.41 Å². The summed E-state index contributed by atoms with van der Waals surface area (Å²) in [5.74, 6) is -0.247. The number of nitrogens with zero attached hydrogens (tertiary/aromatic N) is 2. The van der Waals surface area contributed by atoms with Crippen LogP contribution in [-0.2, 0) is 0 Å². The van der Waals surface area contributed by atoms with Crippen molar-refractivity contribution in [3.8, 4) is 0 Å². The van der Waals surface area contributed by atoms with Crippen molar-refractivity contribution in [2.75, 3.05) is 26.2 Å². The molecule has 2 fully saturated rings. The van der Waals surface area contributed by atoms with Crippen LogP contribution in [0.15, 0.2) is 17.2 Å². The molecule has 20 heavy (non-hydrogen) atoms. The number of H-pyrrole nitrogens is 1. The average molecular weight is 276 g/mol. The summed E-state index contributed by atoms with van der Waals surface area (Å²) in [6.45, 7) is 4.13. The van der Waals surface area contributed by atoms with Crippen LogP contribution in [0.1, 0.15) is 36.2 Å². The zero-order chi connectivity index (χ0) is 14.0. The first-order valence-corrected chi connectivity index (χ1v) is 7.22. The van der Waals surface area contributed by atoms with Gasteiger partial charge in [0.2, 0.25) is 0 Å². The average Bonchev–Trinajstić information content (AvgIpc) is 3.01. The number of hydrogen-bond donors (Lipinski definition) is 2. The Balaban J connectivity index is 1.53. The van der Waals surface area contributed by atoms with Crippen LogP contribution in [0.2, 0.25) is 0 Å². The first kappa shape index (κ1) is 13.3. The van der Waals surface area contributed by atoms with Gasteiger partial charge in [-0.05, 0) is 38.8 Å². The van der Waals surface area contributed by atoms with Gasteiger partial charge in [-0.15, -0.1) is 0 Å². The number of likely N-dealkylation sites (tertiary alicyclic amines) is 1. The van der Waals surface area contributed by atoms with Crippen molar-refractivity contribution in [2.45, 2.75) is 25.7 Å². The van der Waals surface area contributed by atoms with Gasteiger partial charge in [-0.2, -0.15) is 0 Å². The van der Waals surface area contributed by atoms with E-state index in [1.54, 1.807) is 0 Å². The number of hydrogen-bond acceptors (Lipinski definition) is 4. The summed E-state index contributed by atoms with van der Waals surface area (Å²) in [4.78, 5) is 31.8. The maximum atomic E-state index is 12.0. The highest BCUT2D eigenvalue weighted by molar-refractivity contribution is 5.91. The molecule has 2 aliphatic rings. The molecule has 1 aromatic heterocycles. The molecule has 1 aromatic rings. The first-order chi connectivity index (χ1) is 9.67. The minimum Gasteiger partial charge on any atom is -0.350 e. The van der Waals surface area contributed by atoms with Crippen LogP contribution >= 0.6 is 0 Å². The molecule has 1 saturated heterocycles. The Kier molecular flexibility index (Phi) is 3.56. The van der Waals surface area contributed by atoms with Gasteiger partial charge in [0, 0.05) is 18.5 Å². The number of rotatable bonds is 5. The molecule has 0 unspecified atom stereocenters. The topological polar surface area (TPSA) is 78.1 Å². The summed E-state index contributed by atoms with van der Waals surface area (Å²) < 4.78 is 0. The Morgan fingerprint density at radius 2 is 2.10 bits per heavy atom. The lowest BCUT2D eigenvalue weighted by atomic mass is 10.1. The van der Waals surface area contributed by atoms with Gasteiger partial charge in [0.1, 0.15) is 5.69 Å². The molecule has 0 bridgehead atoms. The van der Waals surface area contributed by atoms with E-state index in [9.17, 15) is 9.59 Å². The summed E-state index contributed by atoms with van der Waals surface area (Å²) in [6, 6.07) is 0. The molecule has 108 valence electrons. The fourth-order valence-electron chi connectivity index (χ4n) is 2.84. The molecule has 1 aliphatic heterocycles. The zero-order valence-electron chi connectivity index (χ0n) is 11.5. The smallest absolute Gasteiger partial charge is 0.269 e. The standard InChI is InChI=1S/C14H20N4O2/c19-12-8-15-7-11(17-12)13(20)16-9-14(3-4-14)10-18-5-1-2-6-18/h7-8H,1-6,9-10H2,(H,16,20)(H,17,19). The van der Waals surface area contributed by atoms with Crippen molar-refractivity contribution in [2.24, 2.45) is 5.41 Å². The van der Waals surface area contributed by atoms with Crippen LogP contribution < -0.4 is 10.9 Å². The van der Waals surface area contributed by atoms with E-state index in [1.807, 2.05) is 0 Å². The van der Waals surface area contributed by atoms with E-state index in [1.165, 1.54) is 45.0 Å². The lowest BCUT2D eigenvalue weighted by Gasteiger charge is -2.23. The first-order valence-electron chi connectivity index (χ1n) is 7.22. The fraction of sp³-hybridized carbons (Fsp3) is 0.643. The number of carbonyl (C=O) groups is 1. The second-order valence-corrected chi connectivity index (χ2v) is 5.98. The second-order valence-electron chi connectivity index (χ2n) is 5.98. The number of aromatic amines is 1. The summed E-state index contributed by atoms with van der Waals surface area (Å²) in [7, 11) is 0. The predicted molar refractivity (Wildman–Crippen MR) is 74.5 cm³/mol. The van der Waals surface area contributed by atoms with Crippen LogP contribution in [0.5, 0.6) is 0 Å². The highest BCUT2D eigenvalue weighted by atomic mass is 16.2. The van der Waals surface area contributed by atoms with Gasteiger partial charge in [0.15, 0.2) is 0 Å². The number of nitrogens with one attached hydrogen (secondary N) is 2. The van der Waals surface area contributed by atoms with Crippen LogP contribution in [-0.4, -0.2) is 47.0 Å². The molecule has 1 amide bonds. The zero-order valence-corrected chi connectivity index (χ0v) is 11.5. The minimum absolute atomic E-state index is 0.231. The molecule has 0 spiro atoms. The largest absolute Gasteiger partial charge is 0.350 e. The molecule has 6 nitrogen and oxygen atoms in total. The molecule has 0 aromatic carbocycles. The van der Waals surface area contributed by atoms with Crippen LogP contribution in [0.4, 0.5) is 0 Å². The van der Waals surface area contributed by atoms with Crippen molar-refractivity contribution >= 4 is 5.91 Å². The molecule has 0 radical (unpaired) electrons. The molecule has 2 N–H and O–H groups in total. The van der Waals surface area contributed by atoms with Gasteiger partial charge in [-0.1, -0.05) is 0 Å². The SMILES string of the molecule is O=C(NCC1(CN2CCCC2)CC1)c1cncc(=O)[nH]1. The third kappa shape index (κ3) is 3.07. The van der Waals surface area contributed by atoms with Gasteiger partial charge >= 0.3 is 0 Å². The van der Waals surface area contributed by atoms with Crippen molar-refractivity contribution in [1.29, 1.82) is 0 Å². The van der Waals surface area contributed by atoms with E-state index in [-0.39, 0.29) is 22.6 Å². The second kappa shape index (κ2) is 5.36. The number of amides is 1. The maximum absolute atomic E-state index is 12.0.